The van der Waals surface area contributed by atoms with Gasteiger partial charge >= 0.3 is 0 Å². The van der Waals surface area contributed by atoms with Crippen LogP contribution < -0.4 is 0 Å². The van der Waals surface area contributed by atoms with Crippen molar-refractivity contribution < 1.29 is 14.3 Å². The molecule has 3 nitrogen and oxygen atoms in total. The highest BCUT2D eigenvalue weighted by Gasteiger charge is 2.03. The second kappa shape index (κ2) is 7.31. The minimum Gasteiger partial charge on any atom is -0.380 e. The first-order chi connectivity index (χ1) is 7.06. The van der Waals surface area contributed by atoms with Crippen molar-refractivity contribution in [2.24, 2.45) is 0 Å². The molecule has 82 valence electrons. The Labute approximate surface area is 97.6 Å². The molecule has 0 aliphatic carbocycles. The van der Waals surface area contributed by atoms with Crippen LogP contribution in [0.15, 0.2) is 33.9 Å². The first-order valence-electron chi connectivity index (χ1n) is 4.22. The zero-order valence-electron chi connectivity index (χ0n) is 8.75. The van der Waals surface area contributed by atoms with Crippen LogP contribution in [0.1, 0.15) is 6.92 Å². The summed E-state index contributed by atoms with van der Waals surface area (Å²) in [7, 11) is 1.52. The van der Waals surface area contributed by atoms with Crippen LogP contribution in [0, 0.1) is 0 Å². The summed E-state index contributed by atoms with van der Waals surface area (Å²) in [5.41, 5.74) is 1.52. The molecule has 0 atom stereocenters. The van der Waals surface area contributed by atoms with Crippen LogP contribution in [-0.4, -0.2) is 26.3 Å². The molecule has 0 unspecified atom stereocenters. The Balaban J connectivity index is 5.07. The van der Waals surface area contributed by atoms with Crippen LogP contribution in [0.2, 0.25) is 0 Å². The van der Waals surface area contributed by atoms with Gasteiger partial charge in [0, 0.05) is 22.7 Å². The van der Waals surface area contributed by atoms with Gasteiger partial charge < -0.3 is 4.74 Å². The van der Waals surface area contributed by atoms with E-state index in [-0.39, 0.29) is 6.61 Å². The predicted molar refractivity (Wildman–Crippen MR) is 62.9 cm³/mol. The number of carbonyl (C=O) groups is 2. The fraction of sp³-hybridized carbons (Fsp3) is 0.273. The molecule has 0 saturated heterocycles. The fourth-order valence-electron chi connectivity index (χ4n) is 0.781. The average Bonchev–Trinajstić information content (AvgIpc) is 2.26. The van der Waals surface area contributed by atoms with Crippen LogP contribution in [0.25, 0.3) is 0 Å². The van der Waals surface area contributed by atoms with Crippen molar-refractivity contribution in [3.8, 4) is 0 Å². The summed E-state index contributed by atoms with van der Waals surface area (Å²) in [5, 5.41) is 0. The minimum absolute atomic E-state index is 0.277. The number of aldehydes is 2. The molecule has 0 aliphatic rings. The van der Waals surface area contributed by atoms with E-state index in [1.807, 2.05) is 0 Å². The summed E-state index contributed by atoms with van der Waals surface area (Å²) in [6.45, 7) is 5.53. The van der Waals surface area contributed by atoms with Crippen molar-refractivity contribution in [3.63, 3.8) is 0 Å². The van der Waals surface area contributed by atoms with Crippen LogP contribution in [0.4, 0.5) is 0 Å². The summed E-state index contributed by atoms with van der Waals surface area (Å²) in [6.07, 6.45) is 3.04. The lowest BCUT2D eigenvalue weighted by molar-refractivity contribution is -0.105. The van der Waals surface area contributed by atoms with Gasteiger partial charge in [-0.15, -0.1) is 0 Å². The molecule has 0 aliphatic heterocycles. The second-order valence-electron chi connectivity index (χ2n) is 2.89. The maximum atomic E-state index is 10.5. The second-order valence-corrected chi connectivity index (χ2v) is 3.75. The van der Waals surface area contributed by atoms with Crippen molar-refractivity contribution >= 4 is 28.5 Å². The molecule has 0 heterocycles. The van der Waals surface area contributed by atoms with E-state index in [0.717, 1.165) is 6.29 Å². The number of hydrogen-bond acceptors (Lipinski definition) is 3. The standard InChI is InChI=1S/C11H13BrO3/c1-8(5-13)10(7-15-3)4-11(12)9(2)6-14/h4-6H,1,7H2,2-3H3/b10-4-,11-9-. The van der Waals surface area contributed by atoms with E-state index in [0.29, 0.717) is 27.5 Å². The average molecular weight is 273 g/mol. The van der Waals surface area contributed by atoms with Crippen LogP contribution in [0.3, 0.4) is 0 Å². The number of hydrogen-bond donors (Lipinski definition) is 0. The molecule has 0 rings (SSSR count). The van der Waals surface area contributed by atoms with Crippen molar-refractivity contribution in [1.82, 2.24) is 0 Å². The first kappa shape index (κ1) is 14.0. The lowest BCUT2D eigenvalue weighted by Crippen LogP contribution is -1.99. The molecular formula is C11H13BrO3. The van der Waals surface area contributed by atoms with Crippen molar-refractivity contribution in [1.29, 1.82) is 0 Å². The van der Waals surface area contributed by atoms with Crippen LogP contribution >= 0.6 is 15.9 Å². The number of allylic oxidation sites excluding steroid dienone is 3. The topological polar surface area (TPSA) is 43.4 Å². The molecule has 0 amide bonds. The zero-order chi connectivity index (χ0) is 11.8. The fourth-order valence-corrected chi connectivity index (χ4v) is 1.15. The molecule has 0 N–H and O–H groups in total. The van der Waals surface area contributed by atoms with E-state index in [1.165, 1.54) is 7.11 Å². The summed E-state index contributed by atoms with van der Waals surface area (Å²) in [4.78, 5) is 21.0. The predicted octanol–water partition coefficient (Wildman–Crippen LogP) is 2.18. The van der Waals surface area contributed by atoms with E-state index < -0.39 is 0 Å². The monoisotopic (exact) mass is 272 g/mol. The third-order valence-corrected chi connectivity index (χ3v) is 2.56. The Morgan fingerprint density at radius 3 is 2.40 bits per heavy atom. The lowest BCUT2D eigenvalue weighted by atomic mass is 10.1. The smallest absolute Gasteiger partial charge is 0.149 e. The van der Waals surface area contributed by atoms with Gasteiger partial charge in [-0.25, -0.2) is 0 Å². The quantitative estimate of drug-likeness (QED) is 0.423. The highest BCUT2D eigenvalue weighted by Crippen LogP contribution is 2.17. The summed E-state index contributed by atoms with van der Waals surface area (Å²) < 4.78 is 5.54. The highest BCUT2D eigenvalue weighted by atomic mass is 79.9. The minimum atomic E-state index is 0.277. The Morgan fingerprint density at radius 2 is 2.00 bits per heavy atom. The van der Waals surface area contributed by atoms with Gasteiger partial charge in [0.1, 0.15) is 12.6 Å². The van der Waals surface area contributed by atoms with E-state index in [4.69, 9.17) is 4.74 Å². The summed E-state index contributed by atoms with van der Waals surface area (Å²) in [6, 6.07) is 0. The van der Waals surface area contributed by atoms with E-state index >= 15 is 0 Å². The Bertz CT molecular complexity index is 327. The van der Waals surface area contributed by atoms with Crippen molar-refractivity contribution in [2.45, 2.75) is 6.92 Å². The summed E-state index contributed by atoms with van der Waals surface area (Å²) in [5.74, 6) is 0. The van der Waals surface area contributed by atoms with Gasteiger partial charge in [0.2, 0.25) is 0 Å². The van der Waals surface area contributed by atoms with E-state index in [2.05, 4.69) is 22.5 Å². The van der Waals surface area contributed by atoms with Gasteiger partial charge in [-0.2, -0.15) is 0 Å². The Hall–Kier alpha value is -1.00. The maximum Gasteiger partial charge on any atom is 0.149 e. The molecule has 0 spiro atoms. The zero-order valence-corrected chi connectivity index (χ0v) is 10.3. The van der Waals surface area contributed by atoms with Crippen LogP contribution in [-0.2, 0) is 14.3 Å². The third-order valence-electron chi connectivity index (χ3n) is 1.71. The normalized spacial score (nSPS) is 13.1. The maximum absolute atomic E-state index is 10.5. The van der Waals surface area contributed by atoms with Crippen LogP contribution in [0.5, 0.6) is 0 Å². The van der Waals surface area contributed by atoms with Gasteiger partial charge in [0.25, 0.3) is 0 Å². The Kier molecular flexibility index (Phi) is 6.83. The van der Waals surface area contributed by atoms with Crippen molar-refractivity contribution in [2.75, 3.05) is 13.7 Å². The number of halogens is 1. The summed E-state index contributed by atoms with van der Waals surface area (Å²) >= 11 is 3.23. The molecule has 0 aromatic heterocycles. The van der Waals surface area contributed by atoms with Crippen molar-refractivity contribution in [3.05, 3.63) is 33.9 Å². The lowest BCUT2D eigenvalue weighted by Gasteiger charge is -2.04. The number of ether oxygens (including phenoxy) is 1. The highest BCUT2D eigenvalue weighted by molar-refractivity contribution is 9.11. The number of carbonyl (C=O) groups excluding carboxylic acids is 2. The largest absolute Gasteiger partial charge is 0.380 e. The third kappa shape index (κ3) is 4.85. The number of rotatable bonds is 6. The molecule has 4 heteroatoms. The van der Waals surface area contributed by atoms with E-state index in [9.17, 15) is 9.59 Å². The van der Waals surface area contributed by atoms with Gasteiger partial charge in [0.15, 0.2) is 0 Å². The van der Waals surface area contributed by atoms with Gasteiger partial charge in [-0.1, -0.05) is 22.5 Å². The molecular weight excluding hydrogens is 260 g/mol. The number of methoxy groups -OCH3 is 1. The molecule has 0 aromatic carbocycles. The molecule has 0 bridgehead atoms. The SMILES string of the molecule is C=C(C=O)/C(=C\C(Br)=C(/C)C=O)COC. The molecule has 0 aromatic rings. The molecule has 0 fully saturated rings. The van der Waals surface area contributed by atoms with Gasteiger partial charge in [-0.05, 0) is 18.6 Å². The van der Waals surface area contributed by atoms with Gasteiger partial charge in [-0.3, -0.25) is 9.59 Å². The molecule has 0 radical (unpaired) electrons. The van der Waals surface area contributed by atoms with Gasteiger partial charge in [0.05, 0.1) is 6.61 Å². The Morgan fingerprint density at radius 1 is 1.40 bits per heavy atom. The molecule has 15 heavy (non-hydrogen) atoms. The van der Waals surface area contributed by atoms with E-state index in [1.54, 1.807) is 13.0 Å². The molecule has 0 saturated carbocycles. The first-order valence-corrected chi connectivity index (χ1v) is 5.01.